The first-order valence-electron chi connectivity index (χ1n) is 6.03. The van der Waals surface area contributed by atoms with E-state index in [1.54, 1.807) is 0 Å². The van der Waals surface area contributed by atoms with Gasteiger partial charge in [-0.2, -0.15) is 0 Å². The van der Waals surface area contributed by atoms with E-state index in [0.29, 0.717) is 32.1 Å². The van der Waals surface area contributed by atoms with Crippen LogP contribution in [0.5, 0.6) is 0 Å². The molecule has 0 aliphatic heterocycles. The van der Waals surface area contributed by atoms with Gasteiger partial charge in [0, 0.05) is 12.8 Å². The highest BCUT2D eigenvalue weighted by atomic mass is 16.3. The summed E-state index contributed by atoms with van der Waals surface area (Å²) in [5.74, 6) is 0.0861. The zero-order valence-electron chi connectivity index (χ0n) is 10.2. The Morgan fingerprint density at radius 2 is 1.75 bits per heavy atom. The summed E-state index contributed by atoms with van der Waals surface area (Å²) in [5, 5.41) is 27.6. The van der Waals surface area contributed by atoms with Gasteiger partial charge in [-0.3, -0.25) is 4.79 Å². The maximum atomic E-state index is 11.4. The van der Waals surface area contributed by atoms with Crippen LogP contribution < -0.4 is 0 Å². The van der Waals surface area contributed by atoms with E-state index in [-0.39, 0.29) is 11.9 Å². The second-order valence-corrected chi connectivity index (χ2v) is 4.34. The fourth-order valence-electron chi connectivity index (χ4n) is 1.41. The van der Waals surface area contributed by atoms with E-state index < -0.39 is 12.2 Å². The molecule has 0 amide bonds. The van der Waals surface area contributed by atoms with Crippen molar-refractivity contribution in [1.29, 1.82) is 0 Å². The van der Waals surface area contributed by atoms with E-state index in [4.69, 9.17) is 5.11 Å². The highest BCUT2D eigenvalue weighted by Gasteiger charge is 2.13. The van der Waals surface area contributed by atoms with Crippen LogP contribution >= 0.6 is 0 Å². The van der Waals surface area contributed by atoms with Gasteiger partial charge in [-0.05, 0) is 32.6 Å². The zero-order valence-corrected chi connectivity index (χ0v) is 10.2. The van der Waals surface area contributed by atoms with E-state index in [1.807, 2.05) is 6.92 Å². The molecule has 0 radical (unpaired) electrons. The highest BCUT2D eigenvalue weighted by molar-refractivity contribution is 5.78. The first-order valence-corrected chi connectivity index (χ1v) is 6.03. The number of aliphatic hydroxyl groups excluding tert-OH is 3. The summed E-state index contributed by atoms with van der Waals surface area (Å²) < 4.78 is 0. The summed E-state index contributed by atoms with van der Waals surface area (Å²) in [6.45, 7) is 3.41. The van der Waals surface area contributed by atoms with Crippen molar-refractivity contribution in [2.45, 2.75) is 70.7 Å². The Labute approximate surface area is 97.3 Å². The lowest BCUT2D eigenvalue weighted by molar-refractivity contribution is -0.120. The number of ketones is 1. The summed E-state index contributed by atoms with van der Waals surface area (Å²) in [5.41, 5.74) is 0. The first kappa shape index (κ1) is 15.6. The van der Waals surface area contributed by atoms with E-state index in [9.17, 15) is 15.0 Å². The van der Waals surface area contributed by atoms with Gasteiger partial charge in [-0.15, -0.1) is 0 Å². The van der Waals surface area contributed by atoms with Gasteiger partial charge < -0.3 is 15.3 Å². The molecule has 0 aromatic rings. The zero-order chi connectivity index (χ0) is 12.6. The molecule has 0 bridgehead atoms. The maximum absolute atomic E-state index is 11.4. The van der Waals surface area contributed by atoms with Crippen LogP contribution in [0.25, 0.3) is 0 Å². The SMILES string of the molecule is CC[C@@H](O)CCCC(=O)CCC(O)C(C)O. The minimum atomic E-state index is -0.815. The monoisotopic (exact) mass is 232 g/mol. The van der Waals surface area contributed by atoms with Crippen LogP contribution in [0, 0.1) is 0 Å². The Bertz CT molecular complexity index is 191. The Morgan fingerprint density at radius 3 is 2.25 bits per heavy atom. The predicted molar refractivity (Wildman–Crippen MR) is 62.1 cm³/mol. The highest BCUT2D eigenvalue weighted by Crippen LogP contribution is 2.09. The number of carbonyl (C=O) groups excluding carboxylic acids is 1. The summed E-state index contributed by atoms with van der Waals surface area (Å²) in [6, 6.07) is 0. The number of aliphatic hydroxyl groups is 3. The molecule has 4 heteroatoms. The normalized spacial score (nSPS) is 16.8. The third-order valence-electron chi connectivity index (χ3n) is 2.74. The second-order valence-electron chi connectivity index (χ2n) is 4.34. The first-order chi connectivity index (χ1) is 7.47. The van der Waals surface area contributed by atoms with Crippen molar-refractivity contribution in [3.63, 3.8) is 0 Å². The number of hydrogen-bond acceptors (Lipinski definition) is 4. The van der Waals surface area contributed by atoms with Crippen molar-refractivity contribution in [2.24, 2.45) is 0 Å². The van der Waals surface area contributed by atoms with Crippen molar-refractivity contribution < 1.29 is 20.1 Å². The van der Waals surface area contributed by atoms with E-state index in [1.165, 1.54) is 6.92 Å². The smallest absolute Gasteiger partial charge is 0.133 e. The molecular formula is C12H24O4. The predicted octanol–water partition coefficient (Wildman–Crippen LogP) is 1.02. The molecule has 3 atom stereocenters. The van der Waals surface area contributed by atoms with Gasteiger partial charge in [0.15, 0.2) is 0 Å². The average Bonchev–Trinajstić information content (AvgIpc) is 2.25. The average molecular weight is 232 g/mol. The Hall–Kier alpha value is -0.450. The molecule has 0 spiro atoms. The van der Waals surface area contributed by atoms with Crippen LogP contribution in [0.4, 0.5) is 0 Å². The lowest BCUT2D eigenvalue weighted by atomic mass is 10.0. The summed E-state index contributed by atoms with van der Waals surface area (Å²) in [4.78, 5) is 11.4. The second kappa shape index (κ2) is 8.67. The van der Waals surface area contributed by atoms with E-state index in [2.05, 4.69) is 0 Å². The van der Waals surface area contributed by atoms with Crippen LogP contribution in [0.1, 0.15) is 52.4 Å². The standard InChI is InChI=1S/C12H24O4/c1-3-10(14)5-4-6-11(15)7-8-12(16)9(2)13/h9-10,12-14,16H,3-8H2,1-2H3/t9?,10-,12?/m1/s1. The van der Waals surface area contributed by atoms with Gasteiger partial charge in [0.05, 0.1) is 18.3 Å². The van der Waals surface area contributed by atoms with Crippen LogP contribution in [0.2, 0.25) is 0 Å². The van der Waals surface area contributed by atoms with Gasteiger partial charge in [-0.1, -0.05) is 6.92 Å². The van der Waals surface area contributed by atoms with Crippen molar-refractivity contribution in [3.8, 4) is 0 Å². The molecule has 2 unspecified atom stereocenters. The molecule has 0 aromatic carbocycles. The Balaban J connectivity index is 3.52. The molecule has 3 N–H and O–H groups in total. The molecule has 4 nitrogen and oxygen atoms in total. The van der Waals surface area contributed by atoms with E-state index >= 15 is 0 Å². The third-order valence-corrected chi connectivity index (χ3v) is 2.74. The minimum Gasteiger partial charge on any atom is -0.393 e. The lowest BCUT2D eigenvalue weighted by Crippen LogP contribution is -2.23. The lowest BCUT2D eigenvalue weighted by Gasteiger charge is -2.12. The van der Waals surface area contributed by atoms with Gasteiger partial charge in [-0.25, -0.2) is 0 Å². The molecule has 96 valence electrons. The van der Waals surface area contributed by atoms with Crippen LogP contribution in [0.3, 0.4) is 0 Å². The Kier molecular flexibility index (Phi) is 8.43. The molecule has 0 aliphatic rings. The number of Topliss-reactive ketones (excluding diaryl/α,β-unsaturated/α-hetero) is 1. The molecule has 0 fully saturated rings. The number of rotatable bonds is 9. The maximum Gasteiger partial charge on any atom is 0.133 e. The molecule has 0 aliphatic carbocycles. The molecule has 0 saturated carbocycles. The van der Waals surface area contributed by atoms with Crippen molar-refractivity contribution >= 4 is 5.78 Å². The van der Waals surface area contributed by atoms with Crippen molar-refractivity contribution in [2.75, 3.05) is 0 Å². The topological polar surface area (TPSA) is 77.8 Å². The molecule has 16 heavy (non-hydrogen) atoms. The number of carbonyl (C=O) groups is 1. The summed E-state index contributed by atoms with van der Waals surface area (Å²) in [6.07, 6.45) is 1.22. The third kappa shape index (κ3) is 7.79. The van der Waals surface area contributed by atoms with E-state index in [0.717, 1.165) is 6.42 Å². The quantitative estimate of drug-likeness (QED) is 0.554. The van der Waals surface area contributed by atoms with Gasteiger partial charge >= 0.3 is 0 Å². The molecular weight excluding hydrogens is 208 g/mol. The summed E-state index contributed by atoms with van der Waals surface area (Å²) >= 11 is 0. The van der Waals surface area contributed by atoms with Crippen LogP contribution in [-0.4, -0.2) is 39.4 Å². The van der Waals surface area contributed by atoms with Gasteiger partial charge in [0.25, 0.3) is 0 Å². The minimum absolute atomic E-state index is 0.0861. The van der Waals surface area contributed by atoms with Crippen LogP contribution in [0.15, 0.2) is 0 Å². The van der Waals surface area contributed by atoms with Crippen LogP contribution in [-0.2, 0) is 4.79 Å². The largest absolute Gasteiger partial charge is 0.393 e. The van der Waals surface area contributed by atoms with Crippen molar-refractivity contribution in [1.82, 2.24) is 0 Å². The van der Waals surface area contributed by atoms with Gasteiger partial charge in [0.1, 0.15) is 5.78 Å². The Morgan fingerprint density at radius 1 is 1.12 bits per heavy atom. The molecule has 0 aromatic heterocycles. The number of hydrogen-bond donors (Lipinski definition) is 3. The molecule has 0 rings (SSSR count). The van der Waals surface area contributed by atoms with Gasteiger partial charge in [0.2, 0.25) is 0 Å². The molecule has 0 heterocycles. The fourth-order valence-corrected chi connectivity index (χ4v) is 1.41. The van der Waals surface area contributed by atoms with Crippen molar-refractivity contribution in [3.05, 3.63) is 0 Å². The fraction of sp³-hybridized carbons (Fsp3) is 0.917. The summed E-state index contributed by atoms with van der Waals surface area (Å²) in [7, 11) is 0. The molecule has 0 saturated heterocycles.